The van der Waals surface area contributed by atoms with Crippen molar-refractivity contribution in [3.05, 3.63) is 34.9 Å². The largest absolute Gasteiger partial charge is 0.396 e. The molecule has 0 radical (unpaired) electrons. The molecule has 0 aromatic heterocycles. The molecule has 0 amide bonds. The van der Waals surface area contributed by atoms with E-state index < -0.39 is 0 Å². The van der Waals surface area contributed by atoms with Gasteiger partial charge in [0, 0.05) is 13.2 Å². The summed E-state index contributed by atoms with van der Waals surface area (Å²) in [6, 6.07) is 6.89. The Morgan fingerprint density at radius 1 is 1.29 bits per heavy atom. The number of benzene rings is 1. The first-order valence-corrected chi connectivity index (χ1v) is 6.72. The number of hydrogen-bond donors (Lipinski definition) is 2. The molecule has 0 heterocycles. The lowest BCUT2D eigenvalue weighted by Gasteiger charge is -2.11. The second-order valence-corrected chi connectivity index (χ2v) is 5.20. The quantitative estimate of drug-likeness (QED) is 0.790. The molecule has 0 fully saturated rings. The van der Waals surface area contributed by atoms with Crippen molar-refractivity contribution in [2.75, 3.05) is 13.2 Å². The average molecular weight is 233 g/mol. The summed E-state index contributed by atoms with van der Waals surface area (Å²) in [5.74, 6) is 0.550. The number of aryl methyl sites for hydroxylation is 2. The molecule has 94 valence electrons. The zero-order chi connectivity index (χ0) is 12.1. The maximum absolute atomic E-state index is 8.83. The van der Waals surface area contributed by atoms with Gasteiger partial charge in [0.1, 0.15) is 0 Å². The van der Waals surface area contributed by atoms with Crippen LogP contribution in [-0.2, 0) is 19.4 Å². The van der Waals surface area contributed by atoms with Crippen molar-refractivity contribution in [3.8, 4) is 0 Å². The standard InChI is InChI=1S/C15H23NO/c1-12(7-8-17)10-16-11-13-5-6-14-3-2-4-15(14)9-13/h5-6,9,12,16-17H,2-4,7-8,10-11H2,1H3. The molecule has 0 aliphatic heterocycles. The number of hydrogen-bond acceptors (Lipinski definition) is 2. The van der Waals surface area contributed by atoms with E-state index in [0.717, 1.165) is 19.5 Å². The van der Waals surface area contributed by atoms with Gasteiger partial charge >= 0.3 is 0 Å². The summed E-state index contributed by atoms with van der Waals surface area (Å²) in [4.78, 5) is 0. The van der Waals surface area contributed by atoms with Gasteiger partial charge in [0.05, 0.1) is 0 Å². The second kappa shape index (κ2) is 6.18. The van der Waals surface area contributed by atoms with Crippen molar-refractivity contribution in [3.63, 3.8) is 0 Å². The van der Waals surface area contributed by atoms with E-state index in [1.165, 1.54) is 24.8 Å². The fraction of sp³-hybridized carbons (Fsp3) is 0.600. The van der Waals surface area contributed by atoms with Gasteiger partial charge in [-0.3, -0.25) is 0 Å². The Hall–Kier alpha value is -0.860. The Morgan fingerprint density at radius 3 is 2.94 bits per heavy atom. The number of rotatable bonds is 6. The van der Waals surface area contributed by atoms with Crippen LogP contribution in [0.3, 0.4) is 0 Å². The van der Waals surface area contributed by atoms with E-state index in [4.69, 9.17) is 5.11 Å². The van der Waals surface area contributed by atoms with E-state index in [9.17, 15) is 0 Å². The minimum absolute atomic E-state index is 0.293. The number of aliphatic hydroxyl groups is 1. The molecule has 0 spiro atoms. The summed E-state index contributed by atoms with van der Waals surface area (Å²) >= 11 is 0. The molecule has 17 heavy (non-hydrogen) atoms. The lowest BCUT2D eigenvalue weighted by atomic mass is 10.1. The van der Waals surface area contributed by atoms with Crippen LogP contribution in [0, 0.1) is 5.92 Å². The van der Waals surface area contributed by atoms with Crippen LogP contribution in [0.25, 0.3) is 0 Å². The molecule has 2 heteroatoms. The smallest absolute Gasteiger partial charge is 0.0434 e. The van der Waals surface area contributed by atoms with Gasteiger partial charge in [-0.2, -0.15) is 0 Å². The van der Waals surface area contributed by atoms with E-state index in [1.807, 2.05) is 0 Å². The molecule has 1 aromatic carbocycles. The maximum atomic E-state index is 8.83. The molecule has 0 bridgehead atoms. The number of nitrogens with one attached hydrogen (secondary N) is 1. The van der Waals surface area contributed by atoms with Crippen molar-refractivity contribution in [2.45, 2.75) is 39.2 Å². The fourth-order valence-corrected chi connectivity index (χ4v) is 2.52. The predicted molar refractivity (Wildman–Crippen MR) is 71.0 cm³/mol. The number of fused-ring (bicyclic) bond motifs is 1. The Morgan fingerprint density at radius 2 is 2.12 bits per heavy atom. The topological polar surface area (TPSA) is 32.3 Å². The summed E-state index contributed by atoms with van der Waals surface area (Å²) < 4.78 is 0. The summed E-state index contributed by atoms with van der Waals surface area (Å²) in [5, 5.41) is 12.3. The van der Waals surface area contributed by atoms with Gasteiger partial charge in [-0.05, 0) is 54.8 Å². The minimum Gasteiger partial charge on any atom is -0.396 e. The zero-order valence-corrected chi connectivity index (χ0v) is 10.7. The lowest BCUT2D eigenvalue weighted by molar-refractivity contribution is 0.260. The molecule has 0 saturated carbocycles. The summed E-state index contributed by atoms with van der Waals surface area (Å²) in [5.41, 5.74) is 4.48. The van der Waals surface area contributed by atoms with Gasteiger partial charge in [-0.25, -0.2) is 0 Å². The summed E-state index contributed by atoms with van der Waals surface area (Å²) in [6.45, 7) is 4.40. The summed E-state index contributed by atoms with van der Waals surface area (Å²) in [7, 11) is 0. The highest BCUT2D eigenvalue weighted by Gasteiger charge is 2.10. The monoisotopic (exact) mass is 233 g/mol. The highest BCUT2D eigenvalue weighted by atomic mass is 16.3. The van der Waals surface area contributed by atoms with Gasteiger partial charge in [0.2, 0.25) is 0 Å². The van der Waals surface area contributed by atoms with Crippen LogP contribution in [0.2, 0.25) is 0 Å². The molecule has 1 aliphatic carbocycles. The van der Waals surface area contributed by atoms with E-state index in [1.54, 1.807) is 11.1 Å². The molecule has 1 aliphatic rings. The SMILES string of the molecule is CC(CCO)CNCc1ccc2c(c1)CCC2. The van der Waals surface area contributed by atoms with Gasteiger partial charge in [-0.1, -0.05) is 25.1 Å². The molecule has 1 atom stereocenters. The normalized spacial score (nSPS) is 15.9. The highest BCUT2D eigenvalue weighted by molar-refractivity contribution is 5.35. The average Bonchev–Trinajstić information content (AvgIpc) is 2.76. The van der Waals surface area contributed by atoms with Crippen molar-refractivity contribution < 1.29 is 5.11 Å². The first-order chi connectivity index (χ1) is 8.29. The lowest BCUT2D eigenvalue weighted by Crippen LogP contribution is -2.21. The van der Waals surface area contributed by atoms with Gasteiger partial charge in [0.15, 0.2) is 0 Å². The Labute approximate surface area is 104 Å². The number of aliphatic hydroxyl groups excluding tert-OH is 1. The Balaban J connectivity index is 1.79. The van der Waals surface area contributed by atoms with Crippen molar-refractivity contribution >= 4 is 0 Å². The molecular formula is C15H23NO. The molecule has 2 rings (SSSR count). The fourth-order valence-electron chi connectivity index (χ4n) is 2.52. The Bertz CT molecular complexity index is 362. The molecule has 1 aromatic rings. The van der Waals surface area contributed by atoms with Crippen LogP contribution in [0.15, 0.2) is 18.2 Å². The molecule has 1 unspecified atom stereocenters. The van der Waals surface area contributed by atoms with Crippen LogP contribution >= 0.6 is 0 Å². The first kappa shape index (κ1) is 12.6. The molecule has 0 saturated heterocycles. The van der Waals surface area contributed by atoms with E-state index in [0.29, 0.717) is 12.5 Å². The zero-order valence-electron chi connectivity index (χ0n) is 10.7. The van der Waals surface area contributed by atoms with E-state index >= 15 is 0 Å². The highest BCUT2D eigenvalue weighted by Crippen LogP contribution is 2.22. The van der Waals surface area contributed by atoms with Crippen LogP contribution < -0.4 is 5.32 Å². The second-order valence-electron chi connectivity index (χ2n) is 5.20. The van der Waals surface area contributed by atoms with Crippen LogP contribution in [-0.4, -0.2) is 18.3 Å². The van der Waals surface area contributed by atoms with Crippen LogP contribution in [0.1, 0.15) is 36.5 Å². The van der Waals surface area contributed by atoms with E-state index in [-0.39, 0.29) is 0 Å². The molecule has 2 nitrogen and oxygen atoms in total. The van der Waals surface area contributed by atoms with Crippen molar-refractivity contribution in [2.24, 2.45) is 5.92 Å². The van der Waals surface area contributed by atoms with Gasteiger partial charge < -0.3 is 10.4 Å². The molecular weight excluding hydrogens is 210 g/mol. The minimum atomic E-state index is 0.293. The van der Waals surface area contributed by atoms with Crippen LogP contribution in [0.4, 0.5) is 0 Å². The van der Waals surface area contributed by atoms with Crippen molar-refractivity contribution in [1.29, 1.82) is 0 Å². The van der Waals surface area contributed by atoms with E-state index in [2.05, 4.69) is 30.4 Å². The molecule has 2 N–H and O–H groups in total. The maximum Gasteiger partial charge on any atom is 0.0434 e. The Kier molecular flexibility index (Phi) is 4.57. The third kappa shape index (κ3) is 3.55. The van der Waals surface area contributed by atoms with Crippen molar-refractivity contribution in [1.82, 2.24) is 5.32 Å². The summed E-state index contributed by atoms with van der Waals surface area (Å²) in [6.07, 6.45) is 4.72. The third-order valence-corrected chi connectivity index (χ3v) is 3.61. The van der Waals surface area contributed by atoms with Crippen LogP contribution in [0.5, 0.6) is 0 Å². The van der Waals surface area contributed by atoms with Gasteiger partial charge in [-0.15, -0.1) is 0 Å². The first-order valence-electron chi connectivity index (χ1n) is 6.72. The van der Waals surface area contributed by atoms with Gasteiger partial charge in [0.25, 0.3) is 0 Å². The third-order valence-electron chi connectivity index (χ3n) is 3.61. The predicted octanol–water partition coefficient (Wildman–Crippen LogP) is 2.28.